The molecule has 2 aromatic rings. The van der Waals surface area contributed by atoms with Gasteiger partial charge in [-0.1, -0.05) is 41.3 Å². The topological polar surface area (TPSA) is 75.2 Å². The van der Waals surface area contributed by atoms with Gasteiger partial charge in [-0.05, 0) is 31.0 Å². The maximum atomic E-state index is 12.5. The van der Waals surface area contributed by atoms with Crippen molar-refractivity contribution in [2.75, 3.05) is 22.5 Å². The molecule has 0 aliphatic carbocycles. The van der Waals surface area contributed by atoms with E-state index < -0.39 is 5.92 Å². The van der Waals surface area contributed by atoms with Gasteiger partial charge in [-0.25, -0.2) is 0 Å². The van der Waals surface area contributed by atoms with E-state index in [1.54, 1.807) is 11.0 Å². The number of carbonyl (C=O) groups is 2. The second-order valence-electron chi connectivity index (χ2n) is 6.09. The van der Waals surface area contributed by atoms with Crippen LogP contribution < -0.4 is 10.2 Å². The fourth-order valence-corrected chi connectivity index (χ4v) is 4.32. The first-order valence-electron chi connectivity index (χ1n) is 8.24. The van der Waals surface area contributed by atoms with Gasteiger partial charge in [-0.15, -0.1) is 16.8 Å². The number of nitrogens with one attached hydrogen (secondary N) is 1. The molecule has 2 amide bonds. The van der Waals surface area contributed by atoms with E-state index in [0.29, 0.717) is 11.7 Å². The van der Waals surface area contributed by atoms with Gasteiger partial charge in [0.25, 0.3) is 0 Å². The zero-order valence-corrected chi connectivity index (χ0v) is 16.3. The van der Waals surface area contributed by atoms with E-state index in [9.17, 15) is 9.59 Å². The Kier molecular flexibility index (Phi) is 5.73. The van der Waals surface area contributed by atoms with Crippen LogP contribution in [-0.2, 0) is 9.59 Å². The minimum atomic E-state index is -0.393. The smallest absolute Gasteiger partial charge is 0.231 e. The number of aryl methyl sites for hydroxylation is 1. The molecule has 8 heteroatoms. The molecule has 1 saturated heterocycles. The third kappa shape index (κ3) is 3.96. The van der Waals surface area contributed by atoms with Gasteiger partial charge < -0.3 is 10.2 Å². The Hall–Kier alpha value is -2.19. The van der Waals surface area contributed by atoms with Gasteiger partial charge >= 0.3 is 0 Å². The van der Waals surface area contributed by atoms with Crippen LogP contribution in [0, 0.1) is 19.8 Å². The Balaban J connectivity index is 1.66. The zero-order chi connectivity index (χ0) is 18.7. The largest absolute Gasteiger partial charge is 0.311 e. The Bertz CT molecular complexity index is 849. The van der Waals surface area contributed by atoms with Crippen LogP contribution in [0.2, 0.25) is 0 Å². The first-order chi connectivity index (χ1) is 12.5. The zero-order valence-electron chi connectivity index (χ0n) is 14.7. The number of anilines is 2. The van der Waals surface area contributed by atoms with Crippen molar-refractivity contribution < 1.29 is 9.59 Å². The number of aromatic nitrogens is 2. The molecule has 0 bridgehead atoms. The predicted octanol–water partition coefficient (Wildman–Crippen LogP) is 3.42. The Morgan fingerprint density at radius 3 is 3.04 bits per heavy atom. The Morgan fingerprint density at radius 1 is 1.46 bits per heavy atom. The van der Waals surface area contributed by atoms with E-state index in [0.717, 1.165) is 26.9 Å². The summed E-state index contributed by atoms with van der Waals surface area (Å²) in [6.07, 6.45) is 1.99. The lowest BCUT2D eigenvalue weighted by Gasteiger charge is -2.20. The molecule has 1 aromatic heterocycles. The summed E-state index contributed by atoms with van der Waals surface area (Å²) in [5, 5.41) is 11.3. The summed E-state index contributed by atoms with van der Waals surface area (Å²) >= 11 is 2.84. The summed E-state index contributed by atoms with van der Waals surface area (Å²) < 4.78 is 0.778. The average Bonchev–Trinajstić information content (AvgIpc) is 3.22. The molecule has 3 rings (SSSR count). The molecule has 1 N–H and O–H groups in total. The molecule has 1 fully saturated rings. The summed E-state index contributed by atoms with van der Waals surface area (Å²) in [7, 11) is 0. The van der Waals surface area contributed by atoms with Crippen molar-refractivity contribution in [1.82, 2.24) is 10.2 Å². The number of hydrogen-bond acceptors (Lipinski definition) is 6. The van der Waals surface area contributed by atoms with Crippen molar-refractivity contribution in [3.05, 3.63) is 42.0 Å². The second kappa shape index (κ2) is 8.01. The molecule has 26 heavy (non-hydrogen) atoms. The summed E-state index contributed by atoms with van der Waals surface area (Å²) in [6, 6.07) is 5.87. The average molecular weight is 389 g/mol. The number of amides is 2. The minimum Gasteiger partial charge on any atom is -0.311 e. The van der Waals surface area contributed by atoms with Gasteiger partial charge in [0.15, 0.2) is 4.34 Å². The minimum absolute atomic E-state index is 0.0293. The number of rotatable bonds is 6. The number of nitrogens with zero attached hydrogens (tertiary/aromatic N) is 3. The Labute approximate surface area is 160 Å². The molecule has 1 aliphatic rings. The van der Waals surface area contributed by atoms with Crippen molar-refractivity contribution in [2.45, 2.75) is 24.6 Å². The fraction of sp³-hybridized carbons (Fsp3) is 0.333. The lowest BCUT2D eigenvalue weighted by atomic mass is 10.1. The molecule has 1 atom stereocenters. The van der Waals surface area contributed by atoms with Crippen LogP contribution in [0.25, 0.3) is 0 Å². The summed E-state index contributed by atoms with van der Waals surface area (Å²) in [5.41, 5.74) is 3.07. The van der Waals surface area contributed by atoms with Gasteiger partial charge in [0, 0.05) is 24.4 Å². The Morgan fingerprint density at radius 2 is 2.27 bits per heavy atom. The van der Waals surface area contributed by atoms with Crippen molar-refractivity contribution in [3.63, 3.8) is 0 Å². The van der Waals surface area contributed by atoms with Gasteiger partial charge in [-0.2, -0.15) is 0 Å². The van der Waals surface area contributed by atoms with Crippen molar-refractivity contribution >= 4 is 45.7 Å². The van der Waals surface area contributed by atoms with E-state index in [-0.39, 0.29) is 18.2 Å². The highest BCUT2D eigenvalue weighted by Gasteiger charge is 2.36. The summed E-state index contributed by atoms with van der Waals surface area (Å²) in [6.45, 7) is 8.05. The van der Waals surface area contributed by atoms with Crippen LogP contribution in [0.4, 0.5) is 10.8 Å². The van der Waals surface area contributed by atoms with Crippen molar-refractivity contribution in [3.8, 4) is 0 Å². The molecule has 136 valence electrons. The monoisotopic (exact) mass is 388 g/mol. The number of hydrogen-bond donors (Lipinski definition) is 1. The fourth-order valence-electron chi connectivity index (χ4n) is 2.80. The third-order valence-electron chi connectivity index (χ3n) is 4.32. The van der Waals surface area contributed by atoms with E-state index in [1.165, 1.54) is 23.1 Å². The van der Waals surface area contributed by atoms with Gasteiger partial charge in [0.05, 0.1) is 5.92 Å². The quantitative estimate of drug-likeness (QED) is 0.466. The molecular weight excluding hydrogens is 368 g/mol. The molecule has 0 spiro atoms. The van der Waals surface area contributed by atoms with Crippen LogP contribution in [0.15, 0.2) is 35.2 Å². The number of benzene rings is 1. The molecule has 0 radical (unpaired) electrons. The van der Waals surface area contributed by atoms with Gasteiger partial charge in [0.1, 0.15) is 0 Å². The summed E-state index contributed by atoms with van der Waals surface area (Å²) in [5.74, 6) is 0.126. The van der Waals surface area contributed by atoms with Crippen LogP contribution in [0.5, 0.6) is 0 Å². The van der Waals surface area contributed by atoms with Gasteiger partial charge in [0.2, 0.25) is 16.9 Å². The van der Waals surface area contributed by atoms with Crippen molar-refractivity contribution in [1.29, 1.82) is 0 Å². The molecule has 1 aromatic carbocycles. The first-order valence-corrected chi connectivity index (χ1v) is 10.0. The first kappa shape index (κ1) is 18.6. The lowest BCUT2D eigenvalue weighted by Crippen LogP contribution is -2.28. The van der Waals surface area contributed by atoms with Crippen LogP contribution >= 0.6 is 23.1 Å². The van der Waals surface area contributed by atoms with Crippen molar-refractivity contribution in [2.24, 2.45) is 5.92 Å². The highest BCUT2D eigenvalue weighted by Crippen LogP contribution is 2.31. The van der Waals surface area contributed by atoms with E-state index in [2.05, 4.69) is 22.1 Å². The summed E-state index contributed by atoms with van der Waals surface area (Å²) in [4.78, 5) is 26.7. The standard InChI is InChI=1S/C18H20N4O2S2/c1-4-8-25-18-21-20-17(26-18)19-16(24)13-9-15(23)22(10-13)14-7-5-6-11(2)12(14)3/h4-7,13H,1,8-10H2,2-3H3,(H,19,20,24)/t13-/m1/s1. The number of carbonyl (C=O) groups excluding carboxylic acids is 2. The molecule has 2 heterocycles. The molecule has 1 aliphatic heterocycles. The molecule has 0 saturated carbocycles. The molecular formula is C18H20N4O2S2. The highest BCUT2D eigenvalue weighted by molar-refractivity contribution is 8.01. The maximum Gasteiger partial charge on any atom is 0.231 e. The highest BCUT2D eigenvalue weighted by atomic mass is 32.2. The number of thioether (sulfide) groups is 1. The molecule has 6 nitrogen and oxygen atoms in total. The maximum absolute atomic E-state index is 12.5. The van der Waals surface area contributed by atoms with E-state index in [4.69, 9.17) is 0 Å². The SMILES string of the molecule is C=CCSc1nnc(NC(=O)[C@@H]2CC(=O)N(c3cccc(C)c3C)C2)s1. The normalized spacial score (nSPS) is 16.8. The predicted molar refractivity (Wildman–Crippen MR) is 106 cm³/mol. The van der Waals surface area contributed by atoms with E-state index >= 15 is 0 Å². The molecule has 0 unspecified atom stereocenters. The van der Waals surface area contributed by atoms with Crippen LogP contribution in [0.3, 0.4) is 0 Å². The lowest BCUT2D eigenvalue weighted by molar-refractivity contribution is -0.122. The van der Waals surface area contributed by atoms with Crippen LogP contribution in [-0.4, -0.2) is 34.3 Å². The van der Waals surface area contributed by atoms with Gasteiger partial charge in [-0.3, -0.25) is 9.59 Å². The second-order valence-corrected chi connectivity index (χ2v) is 8.33. The third-order valence-corrected chi connectivity index (χ3v) is 6.29. The van der Waals surface area contributed by atoms with E-state index in [1.807, 2.05) is 32.0 Å². The van der Waals surface area contributed by atoms with Crippen LogP contribution in [0.1, 0.15) is 17.5 Å².